The quantitative estimate of drug-likeness (QED) is 0.300. The van der Waals surface area contributed by atoms with E-state index in [1.807, 2.05) is 66.1 Å². The molecule has 208 valence electrons. The highest BCUT2D eigenvalue weighted by Gasteiger charge is 2.48. The Hall–Kier alpha value is -3.69. The number of carbonyl (C=O) groups is 1. The molecule has 6 rings (SSSR count). The topological polar surface area (TPSA) is 85.7 Å². The number of thiazole rings is 1. The highest BCUT2D eigenvalue weighted by molar-refractivity contribution is 7.22. The van der Waals surface area contributed by atoms with Gasteiger partial charge in [0.15, 0.2) is 5.13 Å². The van der Waals surface area contributed by atoms with Crippen molar-refractivity contribution in [2.75, 3.05) is 25.2 Å². The lowest BCUT2D eigenvalue weighted by atomic mass is 10.1. The number of hydrogen-bond donors (Lipinski definition) is 1. The maximum atomic E-state index is 14.0. The molecule has 40 heavy (non-hydrogen) atoms. The third kappa shape index (κ3) is 5.11. The second-order valence-electron chi connectivity index (χ2n) is 10.5. The molecule has 2 aliphatic rings. The van der Waals surface area contributed by atoms with Gasteiger partial charge in [-0.05, 0) is 61.9 Å². The van der Waals surface area contributed by atoms with Crippen molar-refractivity contribution in [2.45, 2.75) is 57.3 Å². The van der Waals surface area contributed by atoms with Gasteiger partial charge < -0.3 is 24.3 Å². The largest absolute Gasteiger partial charge is 0.497 e. The Labute approximate surface area is 237 Å². The van der Waals surface area contributed by atoms with Crippen LogP contribution < -0.4 is 20.5 Å². The summed E-state index contributed by atoms with van der Waals surface area (Å²) in [5, 5.41) is 3.81. The van der Waals surface area contributed by atoms with Crippen LogP contribution in [0.25, 0.3) is 10.2 Å². The molecule has 4 aromatic rings. The van der Waals surface area contributed by atoms with E-state index in [9.17, 15) is 9.59 Å². The number of methoxy groups -OCH3 is 1. The zero-order chi connectivity index (χ0) is 27.7. The standard InChI is InChI=1S/C31H34N4O4S/c1-3-39-31(15-16-31)26-18-25-27(29(37)35(26)20-22-11-13-23(38-2)14-12-22)33-30(40-25)34-17-7-10-24(34)28(36)32-19-21-8-5-4-6-9-21/h4-6,8-9,11-14,18,24H,3,7,10,15-17,19-20H2,1-2H3,(H,32,36). The Morgan fingerprint density at radius 1 is 1.12 bits per heavy atom. The Morgan fingerprint density at radius 2 is 1.90 bits per heavy atom. The summed E-state index contributed by atoms with van der Waals surface area (Å²) in [5.74, 6) is 0.767. The maximum Gasteiger partial charge on any atom is 0.278 e. The number of nitrogens with zero attached hydrogens (tertiary/aromatic N) is 3. The van der Waals surface area contributed by atoms with Gasteiger partial charge in [-0.1, -0.05) is 53.8 Å². The number of pyridine rings is 1. The molecule has 1 aliphatic heterocycles. The predicted molar refractivity (Wildman–Crippen MR) is 157 cm³/mol. The fraction of sp³-hybridized carbons (Fsp3) is 0.387. The van der Waals surface area contributed by atoms with Crippen molar-refractivity contribution < 1.29 is 14.3 Å². The van der Waals surface area contributed by atoms with E-state index in [1.54, 1.807) is 7.11 Å². The number of fused-ring (bicyclic) bond motifs is 1. The monoisotopic (exact) mass is 558 g/mol. The van der Waals surface area contributed by atoms with E-state index in [0.717, 1.165) is 64.6 Å². The molecule has 1 amide bonds. The van der Waals surface area contributed by atoms with Gasteiger partial charge in [0.2, 0.25) is 5.91 Å². The van der Waals surface area contributed by atoms with Crippen molar-refractivity contribution in [2.24, 2.45) is 0 Å². The van der Waals surface area contributed by atoms with Crippen LogP contribution in [0.3, 0.4) is 0 Å². The zero-order valence-electron chi connectivity index (χ0n) is 22.9. The number of carbonyl (C=O) groups excluding carboxylic acids is 1. The number of hydrogen-bond acceptors (Lipinski definition) is 7. The summed E-state index contributed by atoms with van der Waals surface area (Å²) in [4.78, 5) is 34.1. The van der Waals surface area contributed by atoms with Crippen LogP contribution in [0.2, 0.25) is 0 Å². The first kappa shape index (κ1) is 26.5. The van der Waals surface area contributed by atoms with Crippen molar-refractivity contribution in [3.8, 4) is 5.75 Å². The molecular weight excluding hydrogens is 524 g/mol. The van der Waals surface area contributed by atoms with Crippen LogP contribution in [-0.4, -0.2) is 41.8 Å². The van der Waals surface area contributed by atoms with E-state index in [-0.39, 0.29) is 17.5 Å². The van der Waals surface area contributed by atoms with E-state index in [2.05, 4.69) is 16.3 Å². The van der Waals surface area contributed by atoms with E-state index in [0.29, 0.717) is 25.2 Å². The maximum absolute atomic E-state index is 14.0. The summed E-state index contributed by atoms with van der Waals surface area (Å²) in [6, 6.07) is 19.5. The summed E-state index contributed by atoms with van der Waals surface area (Å²) in [6.07, 6.45) is 3.43. The fourth-order valence-corrected chi connectivity index (χ4v) is 6.69. The number of amides is 1. The molecule has 2 aromatic carbocycles. The molecule has 1 atom stereocenters. The number of rotatable bonds is 10. The minimum Gasteiger partial charge on any atom is -0.497 e. The summed E-state index contributed by atoms with van der Waals surface area (Å²) in [6.45, 7) is 4.22. The zero-order valence-corrected chi connectivity index (χ0v) is 23.7. The molecule has 1 saturated carbocycles. The van der Waals surface area contributed by atoms with Crippen molar-refractivity contribution in [1.82, 2.24) is 14.9 Å². The summed E-state index contributed by atoms with van der Waals surface area (Å²) in [7, 11) is 1.64. The smallest absolute Gasteiger partial charge is 0.278 e. The van der Waals surface area contributed by atoms with Crippen LogP contribution in [0, 0.1) is 0 Å². The average Bonchev–Trinajstić information content (AvgIpc) is 3.39. The SMILES string of the molecule is CCOC1(c2cc3sc(N4CCCC4C(=O)NCc4ccccc4)nc3c(=O)n2Cc2ccc(OC)cc2)CC1. The first-order valence-electron chi connectivity index (χ1n) is 13.9. The molecule has 0 bridgehead atoms. The van der Waals surface area contributed by atoms with Crippen LogP contribution in [0.5, 0.6) is 5.75 Å². The first-order chi connectivity index (χ1) is 19.5. The lowest BCUT2D eigenvalue weighted by Gasteiger charge is -2.23. The third-order valence-corrected chi connectivity index (χ3v) is 8.89. The van der Waals surface area contributed by atoms with Crippen molar-refractivity contribution in [3.05, 3.63) is 87.8 Å². The van der Waals surface area contributed by atoms with Crippen molar-refractivity contribution in [1.29, 1.82) is 0 Å². The second-order valence-corrected chi connectivity index (χ2v) is 11.5. The fourth-order valence-electron chi connectivity index (χ4n) is 5.62. The Kier molecular flexibility index (Phi) is 7.33. The molecule has 2 fully saturated rings. The Balaban J connectivity index is 1.32. The van der Waals surface area contributed by atoms with Crippen molar-refractivity contribution in [3.63, 3.8) is 0 Å². The Bertz CT molecular complexity index is 1560. The molecule has 2 aromatic heterocycles. The number of ether oxygens (including phenoxy) is 2. The summed E-state index contributed by atoms with van der Waals surface area (Å²) >= 11 is 1.49. The summed E-state index contributed by atoms with van der Waals surface area (Å²) in [5.41, 5.74) is 2.85. The van der Waals surface area contributed by atoms with E-state index >= 15 is 0 Å². The van der Waals surface area contributed by atoms with Gasteiger partial charge >= 0.3 is 0 Å². The second kappa shape index (κ2) is 11.1. The van der Waals surface area contributed by atoms with Gasteiger partial charge in [0.25, 0.3) is 5.56 Å². The molecule has 0 radical (unpaired) electrons. The van der Waals surface area contributed by atoms with E-state index in [4.69, 9.17) is 14.5 Å². The minimum atomic E-state index is -0.438. The summed E-state index contributed by atoms with van der Waals surface area (Å²) < 4.78 is 14.2. The van der Waals surface area contributed by atoms with Crippen LogP contribution >= 0.6 is 11.3 Å². The normalized spacial score (nSPS) is 17.8. The number of benzene rings is 2. The third-order valence-electron chi connectivity index (χ3n) is 7.85. The van der Waals surface area contributed by atoms with Crippen molar-refractivity contribution >= 4 is 32.6 Å². The highest BCUT2D eigenvalue weighted by Crippen LogP contribution is 2.50. The first-order valence-corrected chi connectivity index (χ1v) is 14.7. The average molecular weight is 559 g/mol. The molecule has 1 unspecified atom stereocenters. The molecule has 8 nitrogen and oxygen atoms in total. The van der Waals surface area contributed by atoms with Crippen LogP contribution in [0.15, 0.2) is 65.5 Å². The molecule has 0 spiro atoms. The molecule has 9 heteroatoms. The molecule has 1 N–H and O–H groups in total. The predicted octanol–water partition coefficient (Wildman–Crippen LogP) is 4.83. The number of anilines is 1. The van der Waals surface area contributed by atoms with Gasteiger partial charge in [-0.3, -0.25) is 9.59 Å². The van der Waals surface area contributed by atoms with Gasteiger partial charge in [0, 0.05) is 19.7 Å². The van der Waals surface area contributed by atoms with Gasteiger partial charge in [0.05, 0.1) is 24.0 Å². The molecule has 1 saturated heterocycles. The Morgan fingerprint density at radius 3 is 2.60 bits per heavy atom. The van der Waals surface area contributed by atoms with Crippen LogP contribution in [0.4, 0.5) is 5.13 Å². The van der Waals surface area contributed by atoms with Gasteiger partial charge in [-0.2, -0.15) is 0 Å². The van der Waals surface area contributed by atoms with Gasteiger partial charge in [-0.15, -0.1) is 0 Å². The van der Waals surface area contributed by atoms with Crippen LogP contribution in [-0.2, 0) is 28.2 Å². The van der Waals surface area contributed by atoms with Gasteiger partial charge in [-0.25, -0.2) is 4.98 Å². The van der Waals surface area contributed by atoms with E-state index < -0.39 is 5.60 Å². The number of nitrogens with one attached hydrogen (secondary N) is 1. The molecular formula is C31H34N4O4S. The van der Waals surface area contributed by atoms with Crippen LogP contribution in [0.1, 0.15) is 49.4 Å². The molecule has 3 heterocycles. The van der Waals surface area contributed by atoms with E-state index in [1.165, 1.54) is 11.3 Å². The minimum absolute atomic E-state index is 0.00788. The lowest BCUT2D eigenvalue weighted by molar-refractivity contribution is -0.122. The molecule has 1 aliphatic carbocycles. The van der Waals surface area contributed by atoms with Gasteiger partial charge in [0.1, 0.15) is 22.9 Å². The lowest BCUT2D eigenvalue weighted by Crippen LogP contribution is -2.43. The number of aromatic nitrogens is 2. The highest BCUT2D eigenvalue weighted by atomic mass is 32.1.